The van der Waals surface area contributed by atoms with Gasteiger partial charge < -0.3 is 15.3 Å². The topological polar surface area (TPSA) is 94.4 Å². The van der Waals surface area contributed by atoms with Gasteiger partial charge in [-0.3, -0.25) is 9.50 Å². The molecule has 0 saturated heterocycles. The third kappa shape index (κ3) is 3.29. The number of nitrogens with zero attached hydrogens (tertiary/aromatic N) is 5. The van der Waals surface area contributed by atoms with Crippen LogP contribution in [0.2, 0.25) is 0 Å². The van der Waals surface area contributed by atoms with Gasteiger partial charge in [0.1, 0.15) is 0 Å². The highest BCUT2D eigenvalue weighted by atomic mass is 16.3. The molecular weight excluding hydrogens is 354 g/mol. The van der Waals surface area contributed by atoms with E-state index in [0.717, 1.165) is 40.4 Å². The maximum Gasteiger partial charge on any atom is 0.180 e. The Balaban J connectivity index is 1.66. The molecule has 4 rings (SSSR count). The van der Waals surface area contributed by atoms with Crippen LogP contribution in [-0.2, 0) is 0 Å². The zero-order valence-corrected chi connectivity index (χ0v) is 15.9. The van der Waals surface area contributed by atoms with Gasteiger partial charge >= 0.3 is 0 Å². The molecule has 0 aliphatic carbocycles. The molecule has 0 spiro atoms. The predicted octanol–water partition coefficient (Wildman–Crippen LogP) is 2.99. The standard InChI is InChI=1S/C20H23N7O/c1-3-26(8-9-28)16-4-5-17(14(2)10-16)25-19-20-21-6-7-27(20)18(13-22-19)15-11-23-24-12-15/h4-7,10-13,28H,3,8-9H2,1-2H3,(H,22,25)(H,23,24). The van der Waals surface area contributed by atoms with Gasteiger partial charge in [-0.25, -0.2) is 9.97 Å². The number of anilines is 3. The number of aliphatic hydroxyl groups excluding tert-OH is 1. The minimum absolute atomic E-state index is 0.137. The van der Waals surface area contributed by atoms with Crippen LogP contribution in [0.3, 0.4) is 0 Å². The quantitative estimate of drug-likeness (QED) is 0.458. The number of rotatable bonds is 7. The lowest BCUT2D eigenvalue weighted by molar-refractivity contribution is 0.302. The van der Waals surface area contributed by atoms with Crippen molar-refractivity contribution in [3.63, 3.8) is 0 Å². The highest BCUT2D eigenvalue weighted by Crippen LogP contribution is 2.28. The van der Waals surface area contributed by atoms with Crippen LogP contribution in [0.1, 0.15) is 12.5 Å². The van der Waals surface area contributed by atoms with E-state index in [4.69, 9.17) is 0 Å². The van der Waals surface area contributed by atoms with Crippen molar-refractivity contribution in [1.82, 2.24) is 24.6 Å². The normalized spacial score (nSPS) is 11.1. The molecule has 3 aromatic heterocycles. The number of aliphatic hydroxyl groups is 1. The van der Waals surface area contributed by atoms with Gasteiger partial charge in [-0.15, -0.1) is 0 Å². The molecule has 8 nitrogen and oxygen atoms in total. The van der Waals surface area contributed by atoms with Gasteiger partial charge in [-0.1, -0.05) is 0 Å². The van der Waals surface area contributed by atoms with E-state index in [-0.39, 0.29) is 6.61 Å². The summed E-state index contributed by atoms with van der Waals surface area (Å²) in [5.74, 6) is 0.691. The van der Waals surface area contributed by atoms with E-state index in [1.807, 2.05) is 29.1 Å². The number of hydrogen-bond acceptors (Lipinski definition) is 6. The summed E-state index contributed by atoms with van der Waals surface area (Å²) >= 11 is 0. The van der Waals surface area contributed by atoms with Crippen molar-refractivity contribution >= 4 is 22.8 Å². The van der Waals surface area contributed by atoms with E-state index in [2.05, 4.69) is 56.4 Å². The molecule has 0 saturated carbocycles. The van der Waals surface area contributed by atoms with Crippen LogP contribution in [0.25, 0.3) is 16.9 Å². The van der Waals surface area contributed by atoms with Crippen LogP contribution in [0, 0.1) is 6.92 Å². The average Bonchev–Trinajstić information content (AvgIpc) is 3.40. The number of benzene rings is 1. The van der Waals surface area contributed by atoms with Gasteiger partial charge in [0.05, 0.1) is 24.7 Å². The SMILES string of the molecule is CCN(CCO)c1ccc(Nc2ncc(-c3cn[nH]c3)n3ccnc23)c(C)c1. The van der Waals surface area contributed by atoms with E-state index in [1.54, 1.807) is 12.4 Å². The molecule has 0 fully saturated rings. The molecule has 8 heteroatoms. The zero-order chi connectivity index (χ0) is 19.5. The summed E-state index contributed by atoms with van der Waals surface area (Å²) in [6.07, 6.45) is 9.08. The number of fused-ring (bicyclic) bond motifs is 1. The molecular formula is C20H23N7O. The second kappa shape index (κ2) is 7.69. The lowest BCUT2D eigenvalue weighted by Crippen LogP contribution is -2.26. The minimum Gasteiger partial charge on any atom is -0.395 e. The van der Waals surface area contributed by atoms with E-state index in [1.165, 1.54) is 0 Å². The number of aryl methyl sites for hydroxylation is 1. The van der Waals surface area contributed by atoms with Gasteiger partial charge in [0, 0.05) is 48.6 Å². The molecule has 4 aromatic rings. The van der Waals surface area contributed by atoms with Crippen molar-refractivity contribution in [3.8, 4) is 11.3 Å². The van der Waals surface area contributed by atoms with Crippen LogP contribution < -0.4 is 10.2 Å². The van der Waals surface area contributed by atoms with Crippen molar-refractivity contribution < 1.29 is 5.11 Å². The summed E-state index contributed by atoms with van der Waals surface area (Å²) in [6.45, 7) is 5.74. The number of aromatic amines is 1. The molecule has 0 amide bonds. The molecule has 0 radical (unpaired) electrons. The Kier molecular flexibility index (Phi) is 4.94. The third-order valence-corrected chi connectivity index (χ3v) is 4.80. The molecule has 0 unspecified atom stereocenters. The first kappa shape index (κ1) is 18.0. The molecule has 28 heavy (non-hydrogen) atoms. The Labute approximate surface area is 162 Å². The molecule has 0 bridgehead atoms. The lowest BCUT2D eigenvalue weighted by atomic mass is 10.1. The summed E-state index contributed by atoms with van der Waals surface area (Å²) in [6, 6.07) is 6.21. The van der Waals surface area contributed by atoms with Gasteiger partial charge in [0.15, 0.2) is 11.5 Å². The van der Waals surface area contributed by atoms with Crippen molar-refractivity contribution in [2.24, 2.45) is 0 Å². The lowest BCUT2D eigenvalue weighted by Gasteiger charge is -2.23. The first-order valence-electron chi connectivity index (χ1n) is 9.26. The summed E-state index contributed by atoms with van der Waals surface area (Å²) in [5.41, 5.74) is 5.77. The Hall–Kier alpha value is -3.39. The molecule has 3 N–H and O–H groups in total. The first-order chi connectivity index (χ1) is 13.7. The van der Waals surface area contributed by atoms with Crippen LogP contribution in [0.15, 0.2) is 49.2 Å². The fourth-order valence-electron chi connectivity index (χ4n) is 3.31. The summed E-state index contributed by atoms with van der Waals surface area (Å²) < 4.78 is 1.99. The second-order valence-corrected chi connectivity index (χ2v) is 6.53. The van der Waals surface area contributed by atoms with Crippen molar-refractivity contribution in [3.05, 3.63) is 54.7 Å². The van der Waals surface area contributed by atoms with Crippen LogP contribution >= 0.6 is 0 Å². The van der Waals surface area contributed by atoms with Crippen LogP contribution in [-0.4, -0.2) is 49.4 Å². The molecule has 0 aliphatic heterocycles. The van der Waals surface area contributed by atoms with Crippen molar-refractivity contribution in [2.45, 2.75) is 13.8 Å². The fourth-order valence-corrected chi connectivity index (χ4v) is 3.31. The third-order valence-electron chi connectivity index (χ3n) is 4.80. The van der Waals surface area contributed by atoms with Gasteiger partial charge in [0.2, 0.25) is 0 Å². The maximum absolute atomic E-state index is 9.24. The van der Waals surface area contributed by atoms with Gasteiger partial charge in [-0.05, 0) is 37.6 Å². The van der Waals surface area contributed by atoms with Crippen molar-refractivity contribution in [1.29, 1.82) is 0 Å². The van der Waals surface area contributed by atoms with Crippen molar-refractivity contribution in [2.75, 3.05) is 29.9 Å². The Bertz CT molecular complexity index is 1070. The largest absolute Gasteiger partial charge is 0.395 e. The Morgan fingerprint density at radius 3 is 2.86 bits per heavy atom. The zero-order valence-electron chi connectivity index (χ0n) is 15.9. The monoisotopic (exact) mass is 377 g/mol. The number of nitrogens with one attached hydrogen (secondary N) is 2. The van der Waals surface area contributed by atoms with Gasteiger partial charge in [-0.2, -0.15) is 5.10 Å². The fraction of sp³-hybridized carbons (Fsp3) is 0.250. The average molecular weight is 377 g/mol. The second-order valence-electron chi connectivity index (χ2n) is 6.53. The minimum atomic E-state index is 0.137. The summed E-state index contributed by atoms with van der Waals surface area (Å²) in [4.78, 5) is 11.2. The highest BCUT2D eigenvalue weighted by molar-refractivity contribution is 5.75. The smallest absolute Gasteiger partial charge is 0.180 e. The molecule has 3 heterocycles. The molecule has 144 valence electrons. The number of aromatic nitrogens is 5. The summed E-state index contributed by atoms with van der Waals surface area (Å²) in [5, 5.41) is 19.5. The van der Waals surface area contributed by atoms with E-state index >= 15 is 0 Å². The predicted molar refractivity (Wildman–Crippen MR) is 110 cm³/mol. The van der Waals surface area contributed by atoms with E-state index < -0.39 is 0 Å². The molecule has 0 aliphatic rings. The first-order valence-corrected chi connectivity index (χ1v) is 9.26. The number of imidazole rings is 1. The van der Waals surface area contributed by atoms with E-state index in [0.29, 0.717) is 12.4 Å². The number of H-pyrrole nitrogens is 1. The summed E-state index contributed by atoms with van der Waals surface area (Å²) in [7, 11) is 0. The number of hydrogen-bond donors (Lipinski definition) is 3. The maximum atomic E-state index is 9.24. The highest BCUT2D eigenvalue weighted by Gasteiger charge is 2.12. The molecule has 0 atom stereocenters. The number of likely N-dealkylation sites (N-methyl/N-ethyl adjacent to an activating group) is 1. The Morgan fingerprint density at radius 1 is 1.25 bits per heavy atom. The van der Waals surface area contributed by atoms with Crippen LogP contribution in [0.4, 0.5) is 17.2 Å². The molecule has 1 aromatic carbocycles. The Morgan fingerprint density at radius 2 is 2.14 bits per heavy atom. The van der Waals surface area contributed by atoms with E-state index in [9.17, 15) is 5.11 Å². The van der Waals surface area contributed by atoms with Gasteiger partial charge in [0.25, 0.3) is 0 Å². The van der Waals surface area contributed by atoms with Crippen LogP contribution in [0.5, 0.6) is 0 Å².